The van der Waals surface area contributed by atoms with E-state index in [2.05, 4.69) is 9.72 Å². The minimum Gasteiger partial charge on any atom is -0.501 e. The Labute approximate surface area is 91.8 Å². The maximum atomic E-state index is 11.9. The summed E-state index contributed by atoms with van der Waals surface area (Å²) in [6.45, 7) is -0.358. The van der Waals surface area contributed by atoms with Crippen molar-refractivity contribution < 1.29 is 27.9 Å². The molecule has 94 valence electrons. The van der Waals surface area contributed by atoms with Crippen molar-refractivity contribution in [3.05, 3.63) is 21.7 Å². The largest absolute Gasteiger partial charge is 0.575 e. The Morgan fingerprint density at radius 1 is 1.59 bits per heavy atom. The summed E-state index contributed by atoms with van der Waals surface area (Å²) in [5.74, 6) is -3.17. The molecule has 1 aromatic heterocycles. The molecule has 1 rings (SSSR count). The van der Waals surface area contributed by atoms with Gasteiger partial charge in [0.05, 0.1) is 5.56 Å². The molecule has 0 bridgehead atoms. The van der Waals surface area contributed by atoms with Gasteiger partial charge >= 0.3 is 18.1 Å². The molecule has 0 radical (unpaired) electrons. The van der Waals surface area contributed by atoms with Crippen LogP contribution in [0.25, 0.3) is 0 Å². The normalized spacial score (nSPS) is 11.3. The van der Waals surface area contributed by atoms with Crippen LogP contribution in [0.15, 0.2) is 6.07 Å². The van der Waals surface area contributed by atoms with Crippen molar-refractivity contribution in [1.82, 2.24) is 4.98 Å². The molecule has 0 saturated carbocycles. The first-order valence-corrected chi connectivity index (χ1v) is 4.07. The summed E-state index contributed by atoms with van der Waals surface area (Å²) in [7, 11) is 0. The highest BCUT2D eigenvalue weighted by atomic mass is 19.4. The van der Waals surface area contributed by atoms with E-state index in [-0.39, 0.29) is 12.1 Å². The van der Waals surface area contributed by atoms with Gasteiger partial charge in [-0.1, -0.05) is 0 Å². The smallest absolute Gasteiger partial charge is 0.501 e. The standard InChI is InChI=1S/C7H6F3N3O4/c8-7(9,10)17-6-4(14)1-3(2-11)5(12-6)13(15)16/h1,14H,2,11H2. The molecule has 0 aliphatic heterocycles. The van der Waals surface area contributed by atoms with Gasteiger partial charge in [0, 0.05) is 17.6 Å². The quantitative estimate of drug-likeness (QED) is 0.615. The summed E-state index contributed by atoms with van der Waals surface area (Å²) in [5, 5.41) is 19.6. The van der Waals surface area contributed by atoms with Crippen molar-refractivity contribution in [3.63, 3.8) is 0 Å². The number of halogens is 3. The monoisotopic (exact) mass is 253 g/mol. The number of alkyl halides is 3. The lowest BCUT2D eigenvalue weighted by Crippen LogP contribution is -2.18. The number of rotatable bonds is 3. The van der Waals surface area contributed by atoms with Gasteiger partial charge in [0.15, 0.2) is 0 Å². The second-order valence-electron chi connectivity index (χ2n) is 2.80. The molecule has 0 aliphatic carbocycles. The average Bonchev–Trinajstić information content (AvgIpc) is 2.18. The summed E-state index contributed by atoms with van der Waals surface area (Å²) in [6, 6.07) is 0.701. The van der Waals surface area contributed by atoms with Crippen LogP contribution >= 0.6 is 0 Å². The maximum Gasteiger partial charge on any atom is 0.575 e. The van der Waals surface area contributed by atoms with Gasteiger partial charge in [-0.25, -0.2) is 0 Å². The predicted octanol–water partition coefficient (Wildman–Crippen LogP) is 1.05. The first-order chi connectivity index (χ1) is 7.74. The van der Waals surface area contributed by atoms with Gasteiger partial charge in [0.25, 0.3) is 0 Å². The van der Waals surface area contributed by atoms with Crippen LogP contribution in [0.3, 0.4) is 0 Å². The van der Waals surface area contributed by atoms with Crippen LogP contribution in [-0.2, 0) is 6.54 Å². The fraction of sp³-hybridized carbons (Fsp3) is 0.286. The highest BCUT2D eigenvalue weighted by molar-refractivity contribution is 5.44. The Bertz CT molecular complexity index is 449. The summed E-state index contributed by atoms with van der Waals surface area (Å²) in [5.41, 5.74) is 4.91. The number of ether oxygens (including phenoxy) is 1. The summed E-state index contributed by atoms with van der Waals surface area (Å²) >= 11 is 0. The Morgan fingerprint density at radius 3 is 2.59 bits per heavy atom. The van der Waals surface area contributed by atoms with Crippen LogP contribution in [0.1, 0.15) is 5.56 Å². The van der Waals surface area contributed by atoms with Crippen molar-refractivity contribution in [3.8, 4) is 11.6 Å². The SMILES string of the molecule is NCc1cc(O)c(OC(F)(F)F)nc1[N+](=O)[O-]. The fourth-order valence-corrected chi connectivity index (χ4v) is 1.01. The number of aromatic nitrogens is 1. The molecule has 0 fully saturated rings. The Morgan fingerprint density at radius 2 is 2.18 bits per heavy atom. The molecular formula is C7H6F3N3O4. The van der Waals surface area contributed by atoms with E-state index in [9.17, 15) is 23.3 Å². The highest BCUT2D eigenvalue weighted by Gasteiger charge is 2.36. The third-order valence-electron chi connectivity index (χ3n) is 1.63. The lowest BCUT2D eigenvalue weighted by Gasteiger charge is -2.07. The van der Waals surface area contributed by atoms with Crippen molar-refractivity contribution in [2.75, 3.05) is 0 Å². The number of nitrogens with two attached hydrogens (primary N) is 1. The van der Waals surface area contributed by atoms with E-state index >= 15 is 0 Å². The Kier molecular flexibility index (Phi) is 3.36. The Hall–Kier alpha value is -2.10. The van der Waals surface area contributed by atoms with E-state index in [4.69, 9.17) is 10.8 Å². The van der Waals surface area contributed by atoms with Crippen molar-refractivity contribution in [2.24, 2.45) is 5.73 Å². The number of hydrogen-bond donors (Lipinski definition) is 2. The molecule has 0 atom stereocenters. The first-order valence-electron chi connectivity index (χ1n) is 4.07. The number of nitro groups is 1. The Balaban J connectivity index is 3.25. The van der Waals surface area contributed by atoms with Crippen molar-refractivity contribution in [2.45, 2.75) is 12.9 Å². The molecule has 1 aromatic rings. The zero-order valence-corrected chi connectivity index (χ0v) is 8.06. The minimum absolute atomic E-state index is 0.206. The minimum atomic E-state index is -5.11. The second-order valence-corrected chi connectivity index (χ2v) is 2.80. The van der Waals surface area contributed by atoms with E-state index in [0.29, 0.717) is 6.07 Å². The van der Waals surface area contributed by atoms with Crippen LogP contribution in [-0.4, -0.2) is 21.4 Å². The van der Waals surface area contributed by atoms with Crippen LogP contribution in [0.2, 0.25) is 0 Å². The molecule has 17 heavy (non-hydrogen) atoms. The molecule has 0 saturated heterocycles. The third kappa shape index (κ3) is 3.17. The molecule has 10 heteroatoms. The molecule has 0 amide bonds. The predicted molar refractivity (Wildman–Crippen MR) is 47.1 cm³/mol. The maximum absolute atomic E-state index is 11.9. The van der Waals surface area contributed by atoms with Gasteiger partial charge < -0.3 is 25.7 Å². The number of pyridine rings is 1. The summed E-state index contributed by atoms with van der Waals surface area (Å²) in [4.78, 5) is 12.4. The number of aromatic hydroxyl groups is 1. The van der Waals surface area contributed by atoms with Crippen molar-refractivity contribution >= 4 is 5.82 Å². The molecular weight excluding hydrogens is 247 g/mol. The molecule has 0 aliphatic rings. The van der Waals surface area contributed by atoms with Gasteiger partial charge in [-0.05, 0) is 4.92 Å². The van der Waals surface area contributed by atoms with Gasteiger partial charge in [-0.3, -0.25) is 0 Å². The van der Waals surface area contributed by atoms with E-state index < -0.39 is 28.7 Å². The topological polar surface area (TPSA) is 112 Å². The molecule has 0 aromatic carbocycles. The molecule has 0 spiro atoms. The van der Waals surface area contributed by atoms with E-state index in [1.807, 2.05) is 0 Å². The van der Waals surface area contributed by atoms with E-state index in [1.165, 1.54) is 0 Å². The van der Waals surface area contributed by atoms with Crippen LogP contribution in [0.4, 0.5) is 19.0 Å². The van der Waals surface area contributed by atoms with Crippen LogP contribution in [0.5, 0.6) is 11.6 Å². The lowest BCUT2D eigenvalue weighted by molar-refractivity contribution is -0.390. The molecule has 0 unspecified atom stereocenters. The third-order valence-corrected chi connectivity index (χ3v) is 1.63. The average molecular weight is 253 g/mol. The highest BCUT2D eigenvalue weighted by Crippen LogP contribution is 2.33. The van der Waals surface area contributed by atoms with E-state index in [0.717, 1.165) is 0 Å². The van der Waals surface area contributed by atoms with Crippen LogP contribution in [0, 0.1) is 10.1 Å². The second kappa shape index (κ2) is 4.41. The first kappa shape index (κ1) is 13.0. The fourth-order valence-electron chi connectivity index (χ4n) is 1.01. The van der Waals surface area contributed by atoms with Crippen molar-refractivity contribution in [1.29, 1.82) is 0 Å². The molecule has 3 N–H and O–H groups in total. The van der Waals surface area contributed by atoms with Gasteiger partial charge in [-0.15, -0.1) is 13.2 Å². The molecule has 7 nitrogen and oxygen atoms in total. The lowest BCUT2D eigenvalue weighted by atomic mass is 10.2. The van der Waals surface area contributed by atoms with Gasteiger partial charge in [-0.2, -0.15) is 0 Å². The van der Waals surface area contributed by atoms with E-state index in [1.54, 1.807) is 0 Å². The molecule has 1 heterocycles. The van der Waals surface area contributed by atoms with Gasteiger partial charge in [0.1, 0.15) is 0 Å². The van der Waals surface area contributed by atoms with Gasteiger partial charge in [0.2, 0.25) is 5.75 Å². The zero-order chi connectivity index (χ0) is 13.2. The summed E-state index contributed by atoms with van der Waals surface area (Å²) < 4.78 is 38.9. The summed E-state index contributed by atoms with van der Waals surface area (Å²) in [6.07, 6.45) is -5.11. The number of hydrogen-bond acceptors (Lipinski definition) is 6. The van der Waals surface area contributed by atoms with Crippen LogP contribution < -0.4 is 10.5 Å². The number of nitrogens with zero attached hydrogens (tertiary/aromatic N) is 2. The zero-order valence-electron chi connectivity index (χ0n) is 8.06.